The zero-order valence-corrected chi connectivity index (χ0v) is 34.3. The summed E-state index contributed by atoms with van der Waals surface area (Å²) in [4.78, 5) is 51.7. The summed E-state index contributed by atoms with van der Waals surface area (Å²) in [6, 6.07) is 0. The standard InChI is InChI=1S/C17H30N4O5S.C17H28N4O5S/c1-17(2,3)21(16(23)24)6-8-26-10-9-25-7-5-18-14-13(12-22)11-19-15(20-14)27-4;1-17(2,3)26-16(23)19-6-8-25-10-9-24-7-5-18-14-13(12-22)11-20-15(21-14)27-4/h11,22H,5-10,12H2,1-4H3,(H,23,24)(H,18,19,20);11-12H,5-10H2,1-4H3,(H,19,23)(H,18,20,21). The van der Waals surface area contributed by atoms with Gasteiger partial charge < -0.3 is 54.7 Å². The third-order valence-electron chi connectivity index (χ3n) is 6.54. The van der Waals surface area contributed by atoms with Gasteiger partial charge in [0.2, 0.25) is 0 Å². The van der Waals surface area contributed by atoms with Gasteiger partial charge in [0.15, 0.2) is 16.6 Å². The van der Waals surface area contributed by atoms with Crippen molar-refractivity contribution in [3.8, 4) is 0 Å². The van der Waals surface area contributed by atoms with Gasteiger partial charge in [-0.3, -0.25) is 4.79 Å². The smallest absolute Gasteiger partial charge is 0.407 e. The molecule has 20 heteroatoms. The predicted octanol–water partition coefficient (Wildman–Crippen LogP) is 3.90. The van der Waals surface area contributed by atoms with Crippen LogP contribution in [0.25, 0.3) is 0 Å². The van der Waals surface area contributed by atoms with Crippen LogP contribution in [0.4, 0.5) is 21.2 Å². The minimum Gasteiger partial charge on any atom is -0.465 e. The lowest BCUT2D eigenvalue weighted by Gasteiger charge is -2.32. The Morgan fingerprint density at radius 3 is 1.76 bits per heavy atom. The number of anilines is 2. The fourth-order valence-corrected chi connectivity index (χ4v) is 4.68. The first kappa shape index (κ1) is 48.5. The summed E-state index contributed by atoms with van der Waals surface area (Å²) in [6.07, 6.45) is 6.15. The molecule has 5 N–H and O–H groups in total. The van der Waals surface area contributed by atoms with Crippen molar-refractivity contribution in [3.63, 3.8) is 0 Å². The van der Waals surface area contributed by atoms with E-state index in [-0.39, 0.29) is 6.61 Å². The first-order valence-corrected chi connectivity index (χ1v) is 19.7. The van der Waals surface area contributed by atoms with Gasteiger partial charge in [0.05, 0.1) is 65.0 Å². The minimum atomic E-state index is -0.954. The molecule has 0 unspecified atom stereocenters. The number of hydrogen-bond acceptors (Lipinski definition) is 17. The Hall–Kier alpha value is -3.53. The lowest BCUT2D eigenvalue weighted by molar-refractivity contribution is 0.0297. The molecular weight excluding hydrogens is 745 g/mol. The first-order chi connectivity index (χ1) is 25.6. The molecule has 0 saturated carbocycles. The number of aliphatic hydroxyl groups is 1. The van der Waals surface area contributed by atoms with Crippen LogP contribution in [0.2, 0.25) is 0 Å². The van der Waals surface area contributed by atoms with Crippen molar-refractivity contribution in [1.82, 2.24) is 30.2 Å². The number of alkyl carbamates (subject to hydrolysis) is 1. The van der Waals surface area contributed by atoms with E-state index >= 15 is 0 Å². The van der Waals surface area contributed by atoms with Gasteiger partial charge in [-0.2, -0.15) is 0 Å². The molecule has 2 heterocycles. The maximum atomic E-state index is 11.4. The molecule has 2 aromatic heterocycles. The molecule has 0 aromatic carbocycles. The van der Waals surface area contributed by atoms with Crippen molar-refractivity contribution in [2.24, 2.45) is 0 Å². The van der Waals surface area contributed by atoms with Crippen LogP contribution in [0, 0.1) is 0 Å². The molecule has 0 atom stereocenters. The first-order valence-electron chi connectivity index (χ1n) is 17.3. The van der Waals surface area contributed by atoms with Crippen LogP contribution in [0.5, 0.6) is 0 Å². The molecular formula is C34H58N8O10S2. The number of aliphatic hydroxyl groups excluding tert-OH is 1. The molecule has 306 valence electrons. The van der Waals surface area contributed by atoms with Gasteiger partial charge in [-0.05, 0) is 54.1 Å². The highest BCUT2D eigenvalue weighted by Crippen LogP contribution is 2.17. The summed E-state index contributed by atoms with van der Waals surface area (Å²) in [5.41, 5.74) is 0.0795. The van der Waals surface area contributed by atoms with Crippen molar-refractivity contribution in [2.45, 2.75) is 69.6 Å². The van der Waals surface area contributed by atoms with Crippen molar-refractivity contribution < 1.29 is 48.3 Å². The van der Waals surface area contributed by atoms with Gasteiger partial charge in [-0.15, -0.1) is 0 Å². The minimum absolute atomic E-state index is 0.131. The molecule has 2 amide bonds. The number of carbonyl (C=O) groups excluding carboxylic acids is 2. The van der Waals surface area contributed by atoms with Crippen molar-refractivity contribution in [2.75, 3.05) is 102 Å². The molecule has 0 bridgehead atoms. The Balaban J connectivity index is 0.000000540. The number of aromatic nitrogens is 4. The van der Waals surface area contributed by atoms with Crippen molar-refractivity contribution in [3.05, 3.63) is 23.5 Å². The topological polar surface area (TPSA) is 229 Å². The monoisotopic (exact) mass is 802 g/mol. The summed E-state index contributed by atoms with van der Waals surface area (Å²) in [7, 11) is 0. The average Bonchev–Trinajstić information content (AvgIpc) is 3.11. The fraction of sp³-hybridized carbons (Fsp3) is 0.676. The van der Waals surface area contributed by atoms with Crippen molar-refractivity contribution >= 4 is 53.6 Å². The van der Waals surface area contributed by atoms with Crippen molar-refractivity contribution in [1.29, 1.82) is 0 Å². The van der Waals surface area contributed by atoms with E-state index in [1.807, 2.05) is 54.1 Å². The lowest BCUT2D eigenvalue weighted by Crippen LogP contribution is -2.46. The Bertz CT molecular complexity index is 1380. The quantitative estimate of drug-likeness (QED) is 0.0439. The van der Waals surface area contributed by atoms with Crippen LogP contribution in [-0.4, -0.2) is 156 Å². The summed E-state index contributed by atoms with van der Waals surface area (Å²) in [5.74, 6) is 1.10. The van der Waals surface area contributed by atoms with E-state index in [9.17, 15) is 24.6 Å². The van der Waals surface area contributed by atoms with E-state index in [1.165, 1.54) is 34.6 Å². The predicted molar refractivity (Wildman–Crippen MR) is 208 cm³/mol. The number of nitrogens with one attached hydrogen (secondary N) is 3. The van der Waals surface area contributed by atoms with E-state index in [0.717, 1.165) is 0 Å². The second-order valence-corrected chi connectivity index (χ2v) is 14.6. The van der Waals surface area contributed by atoms with Gasteiger partial charge in [0, 0.05) is 49.7 Å². The van der Waals surface area contributed by atoms with Crippen LogP contribution in [-0.2, 0) is 30.3 Å². The number of carboxylic acid groups (broad SMARTS) is 1. The second-order valence-electron chi connectivity index (χ2n) is 13.0. The highest BCUT2D eigenvalue weighted by atomic mass is 32.2. The Morgan fingerprint density at radius 1 is 0.778 bits per heavy atom. The van der Waals surface area contributed by atoms with E-state index < -0.39 is 23.3 Å². The Morgan fingerprint density at radius 2 is 1.28 bits per heavy atom. The number of aldehydes is 1. The number of nitrogens with zero attached hydrogens (tertiary/aromatic N) is 5. The largest absolute Gasteiger partial charge is 0.465 e. The highest BCUT2D eigenvalue weighted by Gasteiger charge is 2.25. The van der Waals surface area contributed by atoms with Gasteiger partial charge in [-0.25, -0.2) is 29.5 Å². The Labute approximate surface area is 326 Å². The Kier molecular flexibility index (Phi) is 24.3. The maximum Gasteiger partial charge on any atom is 0.407 e. The molecule has 0 aliphatic carbocycles. The summed E-state index contributed by atoms with van der Waals surface area (Å²) < 4.78 is 26.8. The number of thioether (sulfide) groups is 2. The molecule has 0 spiro atoms. The zero-order valence-electron chi connectivity index (χ0n) is 32.6. The van der Waals surface area contributed by atoms with Gasteiger partial charge in [-0.1, -0.05) is 23.5 Å². The van der Waals surface area contributed by atoms with E-state index in [0.29, 0.717) is 118 Å². The molecule has 2 aromatic rings. The molecule has 0 fully saturated rings. The lowest BCUT2D eigenvalue weighted by atomic mass is 10.1. The van der Waals surface area contributed by atoms with Gasteiger partial charge in [0.25, 0.3) is 0 Å². The molecule has 0 aliphatic rings. The number of carbonyl (C=O) groups is 3. The molecule has 0 aliphatic heterocycles. The van der Waals surface area contributed by atoms with Gasteiger partial charge in [0.1, 0.15) is 17.2 Å². The molecule has 2 rings (SSSR count). The van der Waals surface area contributed by atoms with Crippen LogP contribution >= 0.6 is 23.5 Å². The number of ether oxygens (including phenoxy) is 5. The van der Waals surface area contributed by atoms with Crippen LogP contribution in [0.1, 0.15) is 57.5 Å². The van der Waals surface area contributed by atoms with E-state index in [2.05, 4.69) is 35.9 Å². The van der Waals surface area contributed by atoms with Gasteiger partial charge >= 0.3 is 12.2 Å². The summed E-state index contributed by atoms with van der Waals surface area (Å²) in [5, 5.41) is 28.5. The normalized spacial score (nSPS) is 11.3. The van der Waals surface area contributed by atoms with Crippen LogP contribution < -0.4 is 16.0 Å². The second kappa shape index (κ2) is 27.1. The highest BCUT2D eigenvalue weighted by molar-refractivity contribution is 7.98. The molecule has 0 saturated heterocycles. The average molecular weight is 803 g/mol. The number of hydrogen-bond donors (Lipinski definition) is 5. The maximum absolute atomic E-state index is 11.4. The van der Waals surface area contributed by atoms with E-state index in [1.54, 1.807) is 6.20 Å². The number of rotatable bonds is 24. The molecule has 0 radical (unpaired) electrons. The summed E-state index contributed by atoms with van der Waals surface area (Å²) in [6.45, 7) is 15.8. The summed E-state index contributed by atoms with van der Waals surface area (Å²) >= 11 is 2.83. The van der Waals surface area contributed by atoms with Crippen LogP contribution in [0.3, 0.4) is 0 Å². The third kappa shape index (κ3) is 22.0. The molecule has 18 nitrogen and oxygen atoms in total. The number of amides is 2. The molecule has 54 heavy (non-hydrogen) atoms. The SMILES string of the molecule is CSc1ncc(C=O)c(NCCOCCOCCNC(=O)OC(C)(C)C)n1.CSc1ncc(CO)c(NCCOCCOCCN(C(=O)O)C(C)(C)C)n1. The van der Waals surface area contributed by atoms with Crippen LogP contribution in [0.15, 0.2) is 22.7 Å². The third-order valence-corrected chi connectivity index (χ3v) is 7.66. The fourth-order valence-electron chi connectivity index (χ4n) is 4.00. The zero-order chi connectivity index (χ0) is 40.4. The van der Waals surface area contributed by atoms with E-state index in [4.69, 9.17) is 23.7 Å².